The molecule has 0 spiro atoms. The first kappa shape index (κ1) is 15.2. The fraction of sp³-hybridized carbons (Fsp3) is 0.188. The molecule has 6 nitrogen and oxygen atoms in total. The van der Waals surface area contributed by atoms with Crippen molar-refractivity contribution in [3.8, 4) is 23.4 Å². The Morgan fingerprint density at radius 3 is 2.78 bits per heavy atom. The summed E-state index contributed by atoms with van der Waals surface area (Å²) in [6.07, 6.45) is 1.61. The second-order valence-corrected chi connectivity index (χ2v) is 5.74. The maximum Gasteiger partial charge on any atom is 0.200 e. The van der Waals surface area contributed by atoms with Gasteiger partial charge in [0.25, 0.3) is 0 Å². The summed E-state index contributed by atoms with van der Waals surface area (Å²) in [6.45, 7) is 0.541. The molecule has 0 aliphatic heterocycles. The van der Waals surface area contributed by atoms with Gasteiger partial charge in [-0.2, -0.15) is 5.26 Å². The summed E-state index contributed by atoms with van der Waals surface area (Å²) < 4.78 is 12.9. The highest BCUT2D eigenvalue weighted by atomic mass is 32.2. The van der Waals surface area contributed by atoms with E-state index >= 15 is 0 Å². The lowest BCUT2D eigenvalue weighted by Crippen LogP contribution is -2.02. The Morgan fingerprint density at radius 1 is 1.26 bits per heavy atom. The monoisotopic (exact) mass is 326 g/mol. The van der Waals surface area contributed by atoms with Gasteiger partial charge in [0.05, 0.1) is 24.5 Å². The molecule has 2 aromatic heterocycles. The van der Waals surface area contributed by atoms with Crippen LogP contribution in [-0.4, -0.2) is 27.1 Å². The Kier molecular flexibility index (Phi) is 4.64. The number of hydrogen-bond acceptors (Lipinski definition) is 6. The maximum absolute atomic E-state index is 8.75. The van der Waals surface area contributed by atoms with E-state index < -0.39 is 0 Å². The van der Waals surface area contributed by atoms with Crippen LogP contribution in [0.15, 0.2) is 52.2 Å². The van der Waals surface area contributed by atoms with Gasteiger partial charge in [-0.15, -0.1) is 10.2 Å². The van der Waals surface area contributed by atoms with Crippen LogP contribution in [0.2, 0.25) is 0 Å². The molecule has 0 fully saturated rings. The summed E-state index contributed by atoms with van der Waals surface area (Å²) in [5.74, 6) is 2.88. The number of thioether (sulfide) groups is 1. The zero-order valence-corrected chi connectivity index (χ0v) is 13.3. The van der Waals surface area contributed by atoms with Gasteiger partial charge in [-0.1, -0.05) is 11.8 Å². The molecule has 2 heterocycles. The van der Waals surface area contributed by atoms with Crippen molar-refractivity contribution in [1.82, 2.24) is 14.8 Å². The number of ether oxygens (including phenoxy) is 1. The molecule has 116 valence electrons. The van der Waals surface area contributed by atoms with Crippen molar-refractivity contribution >= 4 is 11.8 Å². The van der Waals surface area contributed by atoms with Crippen LogP contribution in [0.5, 0.6) is 5.75 Å². The van der Waals surface area contributed by atoms with E-state index in [1.54, 1.807) is 42.3 Å². The van der Waals surface area contributed by atoms with Crippen molar-refractivity contribution < 1.29 is 9.15 Å². The topological polar surface area (TPSA) is 76.9 Å². The van der Waals surface area contributed by atoms with E-state index in [-0.39, 0.29) is 0 Å². The summed E-state index contributed by atoms with van der Waals surface area (Å²) in [5, 5.41) is 17.9. The highest BCUT2D eigenvalue weighted by Gasteiger charge is 2.12. The second-order valence-electron chi connectivity index (χ2n) is 4.68. The van der Waals surface area contributed by atoms with Gasteiger partial charge in [-0.3, -0.25) is 0 Å². The first-order valence-electron chi connectivity index (χ1n) is 6.97. The minimum Gasteiger partial charge on any atom is -0.493 e. The first-order valence-corrected chi connectivity index (χ1v) is 7.95. The van der Waals surface area contributed by atoms with Crippen LogP contribution in [-0.2, 0) is 7.05 Å². The third-order valence-electron chi connectivity index (χ3n) is 3.14. The average Bonchev–Trinajstić information content (AvgIpc) is 3.22. The number of aromatic nitrogens is 3. The lowest BCUT2D eigenvalue weighted by atomic mass is 10.2. The summed E-state index contributed by atoms with van der Waals surface area (Å²) in [4.78, 5) is 0. The molecule has 0 bridgehead atoms. The Morgan fingerprint density at radius 2 is 2.09 bits per heavy atom. The van der Waals surface area contributed by atoms with E-state index in [1.165, 1.54) is 0 Å². The van der Waals surface area contributed by atoms with Crippen LogP contribution >= 0.6 is 11.8 Å². The summed E-state index contributed by atoms with van der Waals surface area (Å²) in [5.41, 5.74) is 0.622. The van der Waals surface area contributed by atoms with Crippen LogP contribution in [0, 0.1) is 11.3 Å². The molecule has 0 saturated carbocycles. The summed E-state index contributed by atoms with van der Waals surface area (Å²) in [6, 6.07) is 12.8. The quantitative estimate of drug-likeness (QED) is 0.512. The number of rotatable bonds is 6. The largest absolute Gasteiger partial charge is 0.493 e. The van der Waals surface area contributed by atoms with Crippen LogP contribution in [0.3, 0.4) is 0 Å². The van der Waals surface area contributed by atoms with Crippen molar-refractivity contribution in [3.05, 3.63) is 48.2 Å². The Labute approximate surface area is 137 Å². The van der Waals surface area contributed by atoms with Gasteiger partial charge in [-0.25, -0.2) is 0 Å². The van der Waals surface area contributed by atoms with E-state index in [2.05, 4.69) is 16.3 Å². The molecule has 0 atom stereocenters. The summed E-state index contributed by atoms with van der Waals surface area (Å²) >= 11 is 1.56. The van der Waals surface area contributed by atoms with Crippen LogP contribution < -0.4 is 4.74 Å². The van der Waals surface area contributed by atoms with Crippen molar-refractivity contribution in [2.75, 3.05) is 12.4 Å². The summed E-state index contributed by atoms with van der Waals surface area (Å²) in [7, 11) is 1.90. The van der Waals surface area contributed by atoms with Gasteiger partial charge >= 0.3 is 0 Å². The normalized spacial score (nSPS) is 10.4. The zero-order valence-electron chi connectivity index (χ0n) is 12.5. The molecule has 23 heavy (non-hydrogen) atoms. The maximum atomic E-state index is 8.75. The highest BCUT2D eigenvalue weighted by molar-refractivity contribution is 7.99. The second kappa shape index (κ2) is 7.03. The highest BCUT2D eigenvalue weighted by Crippen LogP contribution is 2.22. The molecule has 0 aliphatic carbocycles. The van der Waals surface area contributed by atoms with E-state index in [0.717, 1.165) is 16.7 Å². The Hall–Kier alpha value is -2.72. The minimum absolute atomic E-state index is 0.541. The molecule has 3 aromatic rings. The number of furan rings is 1. The first-order chi connectivity index (χ1) is 11.3. The molecule has 3 rings (SSSR count). The molecule has 1 aromatic carbocycles. The number of nitrogens with zero attached hydrogens (tertiary/aromatic N) is 4. The van der Waals surface area contributed by atoms with Gasteiger partial charge in [0.2, 0.25) is 0 Å². The molecule has 0 unspecified atom stereocenters. The van der Waals surface area contributed by atoms with Crippen molar-refractivity contribution in [3.63, 3.8) is 0 Å². The molecule has 0 radical (unpaired) electrons. The minimum atomic E-state index is 0.541. The lowest BCUT2D eigenvalue weighted by molar-refractivity contribution is 0.344. The Balaban J connectivity index is 1.52. The van der Waals surface area contributed by atoms with Gasteiger partial charge in [0, 0.05) is 12.8 Å². The van der Waals surface area contributed by atoms with Crippen molar-refractivity contribution in [1.29, 1.82) is 5.26 Å². The van der Waals surface area contributed by atoms with E-state index in [1.807, 2.05) is 23.7 Å². The van der Waals surface area contributed by atoms with Crippen molar-refractivity contribution in [2.45, 2.75) is 5.16 Å². The SMILES string of the molecule is Cn1c(SCCOc2ccc(C#N)cc2)nnc1-c1ccco1. The van der Waals surface area contributed by atoms with Crippen molar-refractivity contribution in [2.24, 2.45) is 7.05 Å². The van der Waals surface area contributed by atoms with Gasteiger partial charge in [0.1, 0.15) is 5.75 Å². The van der Waals surface area contributed by atoms with Crippen LogP contribution in [0.1, 0.15) is 5.56 Å². The molecule has 7 heteroatoms. The number of nitriles is 1. The van der Waals surface area contributed by atoms with Crippen LogP contribution in [0.25, 0.3) is 11.6 Å². The molecule has 0 saturated heterocycles. The predicted molar refractivity (Wildman–Crippen MR) is 86.1 cm³/mol. The number of hydrogen-bond donors (Lipinski definition) is 0. The fourth-order valence-corrected chi connectivity index (χ4v) is 2.71. The molecular formula is C16H14N4O2S. The fourth-order valence-electron chi connectivity index (χ4n) is 1.98. The standard InChI is InChI=1S/C16H14N4O2S/c1-20-15(14-3-2-8-22-14)18-19-16(20)23-10-9-21-13-6-4-12(11-17)5-7-13/h2-8H,9-10H2,1H3. The van der Waals surface area contributed by atoms with E-state index in [4.69, 9.17) is 14.4 Å². The van der Waals surface area contributed by atoms with E-state index in [0.29, 0.717) is 23.8 Å². The third kappa shape index (κ3) is 3.55. The molecule has 0 aliphatic rings. The molecule has 0 N–H and O–H groups in total. The van der Waals surface area contributed by atoms with Gasteiger partial charge in [-0.05, 0) is 36.4 Å². The Bertz CT molecular complexity index is 804. The predicted octanol–water partition coefficient (Wildman–Crippen LogP) is 3.12. The molecular weight excluding hydrogens is 312 g/mol. The number of benzene rings is 1. The van der Waals surface area contributed by atoms with Gasteiger partial charge < -0.3 is 13.7 Å². The van der Waals surface area contributed by atoms with E-state index in [9.17, 15) is 0 Å². The average molecular weight is 326 g/mol. The lowest BCUT2D eigenvalue weighted by Gasteiger charge is -2.06. The zero-order chi connectivity index (χ0) is 16.1. The molecule has 0 amide bonds. The van der Waals surface area contributed by atoms with Crippen LogP contribution in [0.4, 0.5) is 0 Å². The van der Waals surface area contributed by atoms with Gasteiger partial charge in [0.15, 0.2) is 16.7 Å². The smallest absolute Gasteiger partial charge is 0.200 e. The third-order valence-corrected chi connectivity index (χ3v) is 4.13.